The van der Waals surface area contributed by atoms with Crippen LogP contribution in [0, 0.1) is 11.8 Å². The summed E-state index contributed by atoms with van der Waals surface area (Å²) in [5.41, 5.74) is 0.876. The van der Waals surface area contributed by atoms with Gasteiger partial charge >= 0.3 is 0 Å². The van der Waals surface area contributed by atoms with E-state index in [0.717, 1.165) is 57.5 Å². The Bertz CT molecular complexity index is 553. The highest BCUT2D eigenvalue weighted by Gasteiger charge is 2.27. The van der Waals surface area contributed by atoms with Gasteiger partial charge in [-0.1, -0.05) is 18.2 Å². The van der Waals surface area contributed by atoms with Crippen molar-refractivity contribution in [2.75, 3.05) is 31.5 Å². The van der Waals surface area contributed by atoms with Crippen molar-refractivity contribution >= 4 is 17.5 Å². The van der Waals surface area contributed by atoms with Crippen LogP contribution in [0.15, 0.2) is 30.3 Å². The van der Waals surface area contributed by atoms with E-state index in [1.54, 1.807) is 0 Å². The fraction of sp³-hybridized carbons (Fsp3) is 0.579. The molecule has 2 aliphatic rings. The number of nitrogens with one attached hydrogen (secondary N) is 2. The molecule has 2 fully saturated rings. The molecule has 5 nitrogen and oxygen atoms in total. The van der Waals surface area contributed by atoms with E-state index >= 15 is 0 Å². The Hall–Kier alpha value is -1.88. The van der Waals surface area contributed by atoms with E-state index in [0.29, 0.717) is 12.3 Å². The normalized spacial score (nSPS) is 23.3. The summed E-state index contributed by atoms with van der Waals surface area (Å²) in [6, 6.07) is 9.67. The molecule has 2 aliphatic heterocycles. The van der Waals surface area contributed by atoms with Crippen LogP contribution in [0.4, 0.5) is 5.69 Å². The molecular weight excluding hydrogens is 302 g/mol. The zero-order chi connectivity index (χ0) is 16.8. The summed E-state index contributed by atoms with van der Waals surface area (Å²) in [6.45, 7) is 3.82. The molecule has 1 unspecified atom stereocenters. The van der Waals surface area contributed by atoms with Gasteiger partial charge in [-0.2, -0.15) is 0 Å². The summed E-state index contributed by atoms with van der Waals surface area (Å²) in [4.78, 5) is 26.3. The van der Waals surface area contributed by atoms with Gasteiger partial charge in [-0.05, 0) is 56.8 Å². The van der Waals surface area contributed by atoms with Crippen LogP contribution in [0.25, 0.3) is 0 Å². The Morgan fingerprint density at radius 2 is 1.88 bits per heavy atom. The summed E-state index contributed by atoms with van der Waals surface area (Å²) in [7, 11) is 0. The van der Waals surface area contributed by atoms with Crippen LogP contribution in [0.3, 0.4) is 0 Å². The molecule has 0 bridgehead atoms. The number of nitrogens with zero attached hydrogens (tertiary/aromatic N) is 1. The average molecular weight is 329 g/mol. The van der Waals surface area contributed by atoms with Crippen molar-refractivity contribution in [3.8, 4) is 0 Å². The third kappa shape index (κ3) is 4.81. The lowest BCUT2D eigenvalue weighted by molar-refractivity contribution is -0.122. The maximum atomic E-state index is 12.4. The summed E-state index contributed by atoms with van der Waals surface area (Å²) < 4.78 is 0. The molecular formula is C19H27N3O2. The zero-order valence-electron chi connectivity index (χ0n) is 14.2. The number of amides is 2. The van der Waals surface area contributed by atoms with Gasteiger partial charge in [0.1, 0.15) is 0 Å². The van der Waals surface area contributed by atoms with Crippen LogP contribution in [-0.4, -0.2) is 42.9 Å². The molecule has 2 amide bonds. The van der Waals surface area contributed by atoms with Crippen molar-refractivity contribution in [3.05, 3.63) is 30.3 Å². The van der Waals surface area contributed by atoms with E-state index in [1.807, 2.05) is 30.3 Å². The van der Waals surface area contributed by atoms with E-state index in [4.69, 9.17) is 0 Å². The lowest BCUT2D eigenvalue weighted by Crippen LogP contribution is -2.40. The quantitative estimate of drug-likeness (QED) is 0.891. The lowest BCUT2D eigenvalue weighted by Gasteiger charge is -2.33. The molecule has 0 radical (unpaired) electrons. The van der Waals surface area contributed by atoms with Gasteiger partial charge in [-0.15, -0.1) is 0 Å². The van der Waals surface area contributed by atoms with Gasteiger partial charge in [-0.25, -0.2) is 0 Å². The number of hydrogen-bond acceptors (Lipinski definition) is 3. The van der Waals surface area contributed by atoms with E-state index in [9.17, 15) is 9.59 Å². The average Bonchev–Trinajstić information content (AvgIpc) is 2.81. The molecule has 2 saturated heterocycles. The Balaban J connectivity index is 1.42. The number of anilines is 1. The zero-order valence-corrected chi connectivity index (χ0v) is 14.2. The Morgan fingerprint density at radius 3 is 2.62 bits per heavy atom. The summed E-state index contributed by atoms with van der Waals surface area (Å²) >= 11 is 0. The molecule has 0 saturated carbocycles. The third-order valence-corrected chi connectivity index (χ3v) is 5.17. The molecule has 2 heterocycles. The number of carbonyl (C=O) groups excluding carboxylic acids is 2. The van der Waals surface area contributed by atoms with Crippen molar-refractivity contribution in [1.29, 1.82) is 0 Å². The van der Waals surface area contributed by atoms with Gasteiger partial charge in [0, 0.05) is 31.1 Å². The topological polar surface area (TPSA) is 61.4 Å². The number of carbonyl (C=O) groups is 2. The number of benzene rings is 1. The molecule has 2 N–H and O–H groups in total. The molecule has 130 valence electrons. The van der Waals surface area contributed by atoms with Crippen molar-refractivity contribution in [2.24, 2.45) is 11.8 Å². The Labute approximate surface area is 143 Å². The van der Waals surface area contributed by atoms with Crippen molar-refractivity contribution in [3.63, 3.8) is 0 Å². The standard InChI is InChI=1S/C19H27N3O2/c23-18-7-6-15(8-11-20-18)14-22-12-9-16(10-13-22)19(24)21-17-4-2-1-3-5-17/h1-5,15-16H,6-14H2,(H,20,23)(H,21,24). The molecule has 3 rings (SSSR count). The number of rotatable bonds is 4. The van der Waals surface area contributed by atoms with Crippen LogP contribution in [0.1, 0.15) is 32.1 Å². The fourth-order valence-electron chi connectivity index (χ4n) is 3.67. The first-order chi connectivity index (χ1) is 11.7. The highest BCUT2D eigenvalue weighted by molar-refractivity contribution is 5.92. The van der Waals surface area contributed by atoms with Gasteiger partial charge in [0.2, 0.25) is 11.8 Å². The molecule has 1 aromatic rings. The third-order valence-electron chi connectivity index (χ3n) is 5.17. The molecule has 5 heteroatoms. The van der Waals surface area contributed by atoms with E-state index in [1.165, 1.54) is 0 Å². The minimum Gasteiger partial charge on any atom is -0.356 e. The molecule has 1 atom stereocenters. The van der Waals surface area contributed by atoms with Crippen LogP contribution in [0.5, 0.6) is 0 Å². The van der Waals surface area contributed by atoms with E-state index in [-0.39, 0.29) is 17.7 Å². The van der Waals surface area contributed by atoms with Gasteiger partial charge in [0.15, 0.2) is 0 Å². The minimum atomic E-state index is 0.110. The highest BCUT2D eigenvalue weighted by atomic mass is 16.2. The first-order valence-electron chi connectivity index (χ1n) is 9.05. The summed E-state index contributed by atoms with van der Waals surface area (Å²) in [5, 5.41) is 5.96. The van der Waals surface area contributed by atoms with Crippen LogP contribution >= 0.6 is 0 Å². The number of para-hydroxylation sites is 1. The Morgan fingerprint density at radius 1 is 1.12 bits per heavy atom. The predicted molar refractivity (Wildman–Crippen MR) is 94.6 cm³/mol. The summed E-state index contributed by atoms with van der Waals surface area (Å²) in [6.07, 6.45) is 4.55. The predicted octanol–water partition coefficient (Wildman–Crippen LogP) is 2.25. The maximum absolute atomic E-state index is 12.4. The first-order valence-corrected chi connectivity index (χ1v) is 9.05. The maximum Gasteiger partial charge on any atom is 0.227 e. The van der Waals surface area contributed by atoms with Crippen LogP contribution in [-0.2, 0) is 9.59 Å². The largest absolute Gasteiger partial charge is 0.356 e. The number of likely N-dealkylation sites (tertiary alicyclic amines) is 1. The minimum absolute atomic E-state index is 0.110. The van der Waals surface area contributed by atoms with Gasteiger partial charge in [0.25, 0.3) is 0 Å². The van der Waals surface area contributed by atoms with Crippen LogP contribution in [0.2, 0.25) is 0 Å². The lowest BCUT2D eigenvalue weighted by atomic mass is 9.93. The summed E-state index contributed by atoms with van der Waals surface area (Å²) in [5.74, 6) is 1.04. The molecule has 24 heavy (non-hydrogen) atoms. The number of piperidine rings is 1. The Kier molecular flexibility index (Phi) is 5.86. The molecule has 0 aliphatic carbocycles. The molecule has 1 aromatic carbocycles. The number of hydrogen-bond donors (Lipinski definition) is 2. The second-order valence-corrected chi connectivity index (χ2v) is 6.97. The van der Waals surface area contributed by atoms with Crippen molar-refractivity contribution in [1.82, 2.24) is 10.2 Å². The SMILES string of the molecule is O=C1CCC(CN2CCC(C(=O)Nc3ccccc3)CC2)CCN1. The smallest absolute Gasteiger partial charge is 0.227 e. The van der Waals surface area contributed by atoms with Gasteiger partial charge in [-0.3, -0.25) is 9.59 Å². The van der Waals surface area contributed by atoms with Crippen molar-refractivity contribution in [2.45, 2.75) is 32.1 Å². The molecule has 0 spiro atoms. The van der Waals surface area contributed by atoms with Gasteiger partial charge in [0.05, 0.1) is 0 Å². The van der Waals surface area contributed by atoms with Crippen molar-refractivity contribution < 1.29 is 9.59 Å². The van der Waals surface area contributed by atoms with Gasteiger partial charge < -0.3 is 15.5 Å². The first kappa shape index (κ1) is 17.0. The molecule has 0 aromatic heterocycles. The highest BCUT2D eigenvalue weighted by Crippen LogP contribution is 2.22. The fourth-order valence-corrected chi connectivity index (χ4v) is 3.67. The monoisotopic (exact) mass is 329 g/mol. The van der Waals surface area contributed by atoms with E-state index < -0.39 is 0 Å². The van der Waals surface area contributed by atoms with E-state index in [2.05, 4.69) is 15.5 Å². The van der Waals surface area contributed by atoms with Crippen LogP contribution < -0.4 is 10.6 Å². The second-order valence-electron chi connectivity index (χ2n) is 6.97. The second kappa shape index (κ2) is 8.29.